The molecule has 3 aromatic rings. The van der Waals surface area contributed by atoms with E-state index in [2.05, 4.69) is 58.1 Å². The third-order valence-corrected chi connectivity index (χ3v) is 6.86. The lowest BCUT2D eigenvalue weighted by Gasteiger charge is -2.33. The maximum absolute atomic E-state index is 6.14. The molecule has 2 aromatic carbocycles. The fraction of sp³-hybridized carbons (Fsp3) is 0.417. The summed E-state index contributed by atoms with van der Waals surface area (Å²) in [6, 6.07) is 18.1. The van der Waals surface area contributed by atoms with Gasteiger partial charge < -0.3 is 9.47 Å². The summed E-state index contributed by atoms with van der Waals surface area (Å²) in [4.78, 5) is 2.68. The maximum atomic E-state index is 6.14. The second-order valence-electron chi connectivity index (χ2n) is 8.33. The molecule has 1 aliphatic carbocycles. The zero-order valence-electron chi connectivity index (χ0n) is 15.8. The number of rotatable bonds is 4. The van der Waals surface area contributed by atoms with Crippen molar-refractivity contribution in [1.82, 2.24) is 9.47 Å². The fourth-order valence-corrected chi connectivity index (χ4v) is 5.27. The number of piperidine rings is 1. The Kier molecular flexibility index (Phi) is 4.71. The second kappa shape index (κ2) is 7.33. The van der Waals surface area contributed by atoms with Gasteiger partial charge in [-0.2, -0.15) is 0 Å². The predicted octanol–water partition coefficient (Wildman–Crippen LogP) is 5.74. The number of hydrogen-bond donors (Lipinski definition) is 0. The highest BCUT2D eigenvalue weighted by Crippen LogP contribution is 2.31. The number of likely N-dealkylation sites (tertiary alicyclic amines) is 1. The quantitative estimate of drug-likeness (QED) is 0.562. The minimum absolute atomic E-state index is 0.621. The first-order chi connectivity index (χ1) is 13.3. The van der Waals surface area contributed by atoms with Crippen molar-refractivity contribution in [3.05, 3.63) is 70.9 Å². The van der Waals surface area contributed by atoms with Crippen LogP contribution >= 0.6 is 11.6 Å². The summed E-state index contributed by atoms with van der Waals surface area (Å²) in [5.74, 6) is 0.846. The van der Waals surface area contributed by atoms with Gasteiger partial charge in [-0.25, -0.2) is 0 Å². The lowest BCUT2D eigenvalue weighted by molar-refractivity contribution is 0.178. The SMILES string of the molecule is Clc1ccc2c(ccn2C2CCN(CCC3Cc4ccccc4C3)CC2)c1. The molecule has 5 rings (SSSR count). The number of fused-ring (bicyclic) bond motifs is 2. The standard InChI is InChI=1S/C24H27ClN2/c25-22-5-6-24-21(17-22)8-14-27(24)23-9-12-26(13-10-23)11-7-18-15-19-3-1-2-4-20(19)16-18/h1-6,8,14,17-18,23H,7,9-13,15-16H2. The van der Waals surface area contributed by atoms with Crippen LogP contribution in [0.15, 0.2) is 54.7 Å². The molecule has 0 radical (unpaired) electrons. The highest BCUT2D eigenvalue weighted by molar-refractivity contribution is 6.31. The van der Waals surface area contributed by atoms with E-state index in [-0.39, 0.29) is 0 Å². The van der Waals surface area contributed by atoms with Crippen LogP contribution in [0.4, 0.5) is 0 Å². The van der Waals surface area contributed by atoms with Crippen LogP contribution in [0.2, 0.25) is 5.02 Å². The number of aromatic nitrogens is 1. The zero-order valence-corrected chi connectivity index (χ0v) is 16.5. The summed E-state index contributed by atoms with van der Waals surface area (Å²) >= 11 is 6.14. The van der Waals surface area contributed by atoms with Crippen molar-refractivity contribution in [2.45, 2.75) is 38.1 Å². The van der Waals surface area contributed by atoms with E-state index < -0.39 is 0 Å². The van der Waals surface area contributed by atoms with Gasteiger partial charge in [-0.3, -0.25) is 0 Å². The van der Waals surface area contributed by atoms with Crippen molar-refractivity contribution in [2.24, 2.45) is 5.92 Å². The molecule has 1 fully saturated rings. The molecular weight excluding hydrogens is 352 g/mol. The summed E-state index contributed by atoms with van der Waals surface area (Å²) < 4.78 is 2.47. The number of halogens is 1. The lowest BCUT2D eigenvalue weighted by Crippen LogP contribution is -2.35. The van der Waals surface area contributed by atoms with Crippen molar-refractivity contribution < 1.29 is 0 Å². The molecule has 0 bridgehead atoms. The Labute approximate surface area is 166 Å². The first kappa shape index (κ1) is 17.3. The number of nitrogens with zero attached hydrogens (tertiary/aromatic N) is 2. The van der Waals surface area contributed by atoms with E-state index in [0.29, 0.717) is 6.04 Å². The van der Waals surface area contributed by atoms with Gasteiger partial charge in [0.1, 0.15) is 0 Å². The summed E-state index contributed by atoms with van der Waals surface area (Å²) in [6.07, 6.45) is 8.64. The van der Waals surface area contributed by atoms with E-state index in [1.807, 2.05) is 6.07 Å². The fourth-order valence-electron chi connectivity index (χ4n) is 5.09. The predicted molar refractivity (Wildman–Crippen MR) is 114 cm³/mol. The van der Waals surface area contributed by atoms with Crippen LogP contribution in [0.25, 0.3) is 10.9 Å². The molecule has 0 amide bonds. The van der Waals surface area contributed by atoms with Gasteiger partial charge in [0.05, 0.1) is 0 Å². The van der Waals surface area contributed by atoms with Gasteiger partial charge in [0, 0.05) is 41.3 Å². The zero-order chi connectivity index (χ0) is 18.2. The van der Waals surface area contributed by atoms with Crippen molar-refractivity contribution in [1.29, 1.82) is 0 Å². The first-order valence-corrected chi connectivity index (χ1v) is 10.7. The summed E-state index contributed by atoms with van der Waals surface area (Å²) in [7, 11) is 0. The molecule has 3 heteroatoms. The maximum Gasteiger partial charge on any atom is 0.0483 e. The van der Waals surface area contributed by atoms with E-state index in [1.54, 1.807) is 11.1 Å². The third kappa shape index (κ3) is 3.53. The van der Waals surface area contributed by atoms with Crippen LogP contribution in [-0.2, 0) is 12.8 Å². The first-order valence-electron chi connectivity index (χ1n) is 10.3. The van der Waals surface area contributed by atoms with E-state index in [1.165, 1.54) is 62.6 Å². The second-order valence-corrected chi connectivity index (χ2v) is 8.77. The van der Waals surface area contributed by atoms with Gasteiger partial charge >= 0.3 is 0 Å². The van der Waals surface area contributed by atoms with Crippen LogP contribution in [0.3, 0.4) is 0 Å². The monoisotopic (exact) mass is 378 g/mol. The molecule has 1 aromatic heterocycles. The van der Waals surface area contributed by atoms with Crippen molar-refractivity contribution in [3.8, 4) is 0 Å². The van der Waals surface area contributed by atoms with Gasteiger partial charge in [-0.15, -0.1) is 0 Å². The molecule has 1 saturated heterocycles. The molecule has 0 atom stereocenters. The third-order valence-electron chi connectivity index (χ3n) is 6.62. The average Bonchev–Trinajstić information content (AvgIpc) is 3.30. The van der Waals surface area contributed by atoms with Crippen molar-refractivity contribution in [3.63, 3.8) is 0 Å². The van der Waals surface area contributed by atoms with E-state index in [4.69, 9.17) is 11.6 Å². The van der Waals surface area contributed by atoms with Gasteiger partial charge in [0.25, 0.3) is 0 Å². The largest absolute Gasteiger partial charge is 0.344 e. The van der Waals surface area contributed by atoms with Crippen molar-refractivity contribution in [2.75, 3.05) is 19.6 Å². The minimum Gasteiger partial charge on any atom is -0.344 e. The van der Waals surface area contributed by atoms with E-state index >= 15 is 0 Å². The van der Waals surface area contributed by atoms with Gasteiger partial charge in [0.15, 0.2) is 0 Å². The highest BCUT2D eigenvalue weighted by Gasteiger charge is 2.24. The van der Waals surface area contributed by atoms with Crippen LogP contribution in [0.1, 0.15) is 36.4 Å². The molecule has 0 saturated carbocycles. The number of hydrogen-bond acceptors (Lipinski definition) is 1. The van der Waals surface area contributed by atoms with Crippen LogP contribution in [0.5, 0.6) is 0 Å². The Balaban J connectivity index is 1.15. The lowest BCUT2D eigenvalue weighted by atomic mass is 10.00. The summed E-state index contributed by atoms with van der Waals surface area (Å²) in [5.41, 5.74) is 4.49. The van der Waals surface area contributed by atoms with Gasteiger partial charge in [-0.1, -0.05) is 35.9 Å². The van der Waals surface area contributed by atoms with Gasteiger partial charge in [0.2, 0.25) is 0 Å². The Morgan fingerprint density at radius 3 is 2.41 bits per heavy atom. The molecule has 2 aliphatic rings. The molecule has 0 unspecified atom stereocenters. The van der Waals surface area contributed by atoms with Gasteiger partial charge in [-0.05, 0) is 80.0 Å². The molecule has 0 spiro atoms. The molecule has 140 valence electrons. The molecule has 2 nitrogen and oxygen atoms in total. The summed E-state index contributed by atoms with van der Waals surface area (Å²) in [6.45, 7) is 3.70. The molecule has 2 heterocycles. The van der Waals surface area contributed by atoms with Crippen LogP contribution in [-0.4, -0.2) is 29.1 Å². The minimum atomic E-state index is 0.621. The van der Waals surface area contributed by atoms with E-state index in [0.717, 1.165) is 10.9 Å². The Morgan fingerprint density at radius 2 is 1.67 bits per heavy atom. The Bertz CT molecular complexity index is 911. The molecule has 27 heavy (non-hydrogen) atoms. The number of benzene rings is 2. The van der Waals surface area contributed by atoms with Crippen LogP contribution in [0, 0.1) is 5.92 Å². The van der Waals surface area contributed by atoms with E-state index in [9.17, 15) is 0 Å². The van der Waals surface area contributed by atoms with Crippen LogP contribution < -0.4 is 0 Å². The molecule has 0 N–H and O–H groups in total. The topological polar surface area (TPSA) is 8.17 Å². The average molecular weight is 379 g/mol. The normalized spacial score (nSPS) is 19.0. The highest BCUT2D eigenvalue weighted by atomic mass is 35.5. The molecule has 1 aliphatic heterocycles. The Hall–Kier alpha value is -1.77. The molecular formula is C24H27ClN2. The Morgan fingerprint density at radius 1 is 0.926 bits per heavy atom. The smallest absolute Gasteiger partial charge is 0.0483 e. The van der Waals surface area contributed by atoms with Crippen molar-refractivity contribution >= 4 is 22.5 Å². The summed E-state index contributed by atoms with van der Waals surface area (Å²) in [5, 5.41) is 2.08.